The third-order valence-electron chi connectivity index (χ3n) is 2.22. The maximum atomic E-state index is 12.1. The van der Waals surface area contributed by atoms with Crippen LogP contribution in [0.25, 0.3) is 0 Å². The summed E-state index contributed by atoms with van der Waals surface area (Å²) in [6, 6.07) is 5.11. The molecule has 1 aromatic rings. The zero-order valence-corrected chi connectivity index (χ0v) is 8.60. The Labute approximate surface area is 86.5 Å². The van der Waals surface area contributed by atoms with Crippen molar-refractivity contribution in [1.29, 1.82) is 0 Å². The average molecular weight is 218 g/mol. The van der Waals surface area contributed by atoms with Gasteiger partial charge < -0.3 is 5.11 Å². The Kier molecular flexibility index (Phi) is 3.39. The maximum Gasteiger partial charge on any atom is 0.391 e. The fourth-order valence-corrected chi connectivity index (χ4v) is 1.45. The van der Waals surface area contributed by atoms with Gasteiger partial charge in [0, 0.05) is 0 Å². The van der Waals surface area contributed by atoms with Crippen molar-refractivity contribution in [2.75, 3.05) is 0 Å². The molecule has 1 rings (SSSR count). The van der Waals surface area contributed by atoms with Crippen LogP contribution in [0.3, 0.4) is 0 Å². The number of hydrogen-bond acceptors (Lipinski definition) is 1. The molecule has 0 fully saturated rings. The van der Waals surface area contributed by atoms with Crippen LogP contribution in [-0.4, -0.2) is 11.3 Å². The van der Waals surface area contributed by atoms with Gasteiger partial charge in [-0.15, -0.1) is 0 Å². The second-order valence-corrected chi connectivity index (χ2v) is 3.70. The van der Waals surface area contributed by atoms with E-state index in [1.807, 2.05) is 0 Å². The van der Waals surface area contributed by atoms with Crippen LogP contribution < -0.4 is 0 Å². The van der Waals surface area contributed by atoms with Crippen LogP contribution in [0, 0.1) is 13.8 Å². The van der Waals surface area contributed by atoms with Crippen molar-refractivity contribution in [3.63, 3.8) is 0 Å². The summed E-state index contributed by atoms with van der Waals surface area (Å²) in [6.07, 6.45) is -7.00. The first kappa shape index (κ1) is 12.0. The van der Waals surface area contributed by atoms with Crippen molar-refractivity contribution >= 4 is 0 Å². The summed E-state index contributed by atoms with van der Waals surface area (Å²) < 4.78 is 36.2. The minimum atomic E-state index is -4.34. The van der Waals surface area contributed by atoms with Gasteiger partial charge in [-0.1, -0.05) is 23.8 Å². The molecule has 0 heterocycles. The number of aliphatic hydroxyl groups excluding tert-OH is 1. The van der Waals surface area contributed by atoms with E-state index in [2.05, 4.69) is 0 Å². The molecule has 0 spiro atoms. The quantitative estimate of drug-likeness (QED) is 0.807. The van der Waals surface area contributed by atoms with Crippen LogP contribution in [0.1, 0.15) is 29.2 Å². The molecular weight excluding hydrogens is 205 g/mol. The van der Waals surface area contributed by atoms with Crippen molar-refractivity contribution in [1.82, 2.24) is 0 Å². The first-order chi connectivity index (χ1) is 6.79. The van der Waals surface area contributed by atoms with Gasteiger partial charge in [-0.2, -0.15) is 13.2 Å². The standard InChI is InChI=1S/C11H13F3O/c1-7-3-4-8(2)9(5-7)10(15)6-11(12,13)14/h3-5,10,15H,6H2,1-2H3. The van der Waals surface area contributed by atoms with E-state index in [0.717, 1.165) is 5.56 Å². The first-order valence-electron chi connectivity index (χ1n) is 4.61. The summed E-state index contributed by atoms with van der Waals surface area (Å²) in [7, 11) is 0. The molecule has 4 heteroatoms. The molecular formula is C11H13F3O. The fraction of sp³-hybridized carbons (Fsp3) is 0.455. The van der Waals surface area contributed by atoms with Crippen LogP contribution in [0.2, 0.25) is 0 Å². The van der Waals surface area contributed by atoms with E-state index in [1.165, 1.54) is 0 Å². The number of hydrogen-bond donors (Lipinski definition) is 1. The molecule has 0 aliphatic heterocycles. The smallest absolute Gasteiger partial charge is 0.388 e. The van der Waals surface area contributed by atoms with Crippen LogP contribution in [0.5, 0.6) is 0 Å². The Morgan fingerprint density at radius 1 is 1.27 bits per heavy atom. The van der Waals surface area contributed by atoms with Crippen molar-refractivity contribution in [2.24, 2.45) is 0 Å². The largest absolute Gasteiger partial charge is 0.391 e. The van der Waals surface area contributed by atoms with Gasteiger partial charge >= 0.3 is 6.18 Å². The molecule has 0 aromatic heterocycles. The summed E-state index contributed by atoms with van der Waals surface area (Å²) in [5.74, 6) is 0. The van der Waals surface area contributed by atoms with Gasteiger partial charge in [-0.3, -0.25) is 0 Å². The fourth-order valence-electron chi connectivity index (χ4n) is 1.45. The van der Waals surface area contributed by atoms with E-state index in [1.54, 1.807) is 32.0 Å². The molecule has 1 N–H and O–H groups in total. The van der Waals surface area contributed by atoms with Gasteiger partial charge in [0.1, 0.15) is 0 Å². The van der Waals surface area contributed by atoms with E-state index in [0.29, 0.717) is 11.1 Å². The van der Waals surface area contributed by atoms with Crippen molar-refractivity contribution in [3.8, 4) is 0 Å². The SMILES string of the molecule is Cc1ccc(C)c(C(O)CC(F)(F)F)c1. The maximum absolute atomic E-state index is 12.1. The van der Waals surface area contributed by atoms with Gasteiger partial charge in [0.05, 0.1) is 12.5 Å². The van der Waals surface area contributed by atoms with E-state index >= 15 is 0 Å². The Morgan fingerprint density at radius 3 is 2.40 bits per heavy atom. The highest BCUT2D eigenvalue weighted by Gasteiger charge is 2.32. The number of halogens is 3. The number of benzene rings is 1. The summed E-state index contributed by atoms with van der Waals surface area (Å²) >= 11 is 0. The van der Waals surface area contributed by atoms with Crippen LogP contribution >= 0.6 is 0 Å². The highest BCUT2D eigenvalue weighted by Crippen LogP contribution is 2.31. The van der Waals surface area contributed by atoms with Gasteiger partial charge in [-0.05, 0) is 25.0 Å². The minimum absolute atomic E-state index is 0.354. The second kappa shape index (κ2) is 4.23. The molecule has 1 unspecified atom stereocenters. The predicted molar refractivity (Wildman–Crippen MR) is 51.5 cm³/mol. The summed E-state index contributed by atoms with van der Waals surface area (Å²) in [5, 5.41) is 9.44. The Morgan fingerprint density at radius 2 is 1.87 bits per heavy atom. The monoisotopic (exact) mass is 218 g/mol. The molecule has 0 saturated carbocycles. The Hall–Kier alpha value is -1.03. The van der Waals surface area contributed by atoms with Crippen LogP contribution in [0.15, 0.2) is 18.2 Å². The van der Waals surface area contributed by atoms with E-state index in [4.69, 9.17) is 0 Å². The summed E-state index contributed by atoms with van der Waals surface area (Å²) in [4.78, 5) is 0. The normalized spacial score (nSPS) is 14.0. The van der Waals surface area contributed by atoms with Gasteiger partial charge in [-0.25, -0.2) is 0 Å². The van der Waals surface area contributed by atoms with Crippen molar-refractivity contribution < 1.29 is 18.3 Å². The average Bonchev–Trinajstić information content (AvgIpc) is 2.06. The molecule has 0 amide bonds. The second-order valence-electron chi connectivity index (χ2n) is 3.70. The van der Waals surface area contributed by atoms with E-state index in [9.17, 15) is 18.3 Å². The van der Waals surface area contributed by atoms with Gasteiger partial charge in [0.15, 0.2) is 0 Å². The molecule has 84 valence electrons. The predicted octanol–water partition coefficient (Wildman–Crippen LogP) is 3.29. The molecule has 0 bridgehead atoms. The lowest BCUT2D eigenvalue weighted by Crippen LogP contribution is -2.14. The zero-order valence-electron chi connectivity index (χ0n) is 8.60. The number of aliphatic hydroxyl groups is 1. The summed E-state index contributed by atoms with van der Waals surface area (Å²) in [5.41, 5.74) is 1.88. The molecule has 15 heavy (non-hydrogen) atoms. The summed E-state index contributed by atoms with van der Waals surface area (Å²) in [6.45, 7) is 3.47. The Bertz CT molecular complexity index is 344. The zero-order chi connectivity index (χ0) is 11.6. The number of alkyl halides is 3. The van der Waals surface area contributed by atoms with Crippen LogP contribution in [0.4, 0.5) is 13.2 Å². The molecule has 1 nitrogen and oxygen atoms in total. The molecule has 0 saturated heterocycles. The number of rotatable bonds is 2. The molecule has 0 radical (unpaired) electrons. The molecule has 0 aliphatic carbocycles. The third kappa shape index (κ3) is 3.55. The van der Waals surface area contributed by atoms with E-state index in [-0.39, 0.29) is 0 Å². The topological polar surface area (TPSA) is 20.2 Å². The van der Waals surface area contributed by atoms with Crippen LogP contribution in [-0.2, 0) is 0 Å². The van der Waals surface area contributed by atoms with Gasteiger partial charge in [0.2, 0.25) is 0 Å². The molecule has 0 aliphatic rings. The lowest BCUT2D eigenvalue weighted by atomic mass is 9.99. The van der Waals surface area contributed by atoms with Gasteiger partial charge in [0.25, 0.3) is 0 Å². The number of aryl methyl sites for hydroxylation is 2. The Balaban J connectivity index is 2.90. The van der Waals surface area contributed by atoms with Crippen molar-refractivity contribution in [3.05, 3.63) is 34.9 Å². The first-order valence-corrected chi connectivity index (χ1v) is 4.61. The molecule has 1 atom stereocenters. The minimum Gasteiger partial charge on any atom is -0.388 e. The molecule has 1 aromatic carbocycles. The van der Waals surface area contributed by atoms with Crippen molar-refractivity contribution in [2.45, 2.75) is 32.5 Å². The lowest BCUT2D eigenvalue weighted by molar-refractivity contribution is -0.154. The highest BCUT2D eigenvalue weighted by atomic mass is 19.4. The third-order valence-corrected chi connectivity index (χ3v) is 2.22. The van der Waals surface area contributed by atoms with E-state index < -0.39 is 18.7 Å². The highest BCUT2D eigenvalue weighted by molar-refractivity contribution is 5.32. The lowest BCUT2D eigenvalue weighted by Gasteiger charge is -2.16.